The van der Waals surface area contributed by atoms with Crippen molar-refractivity contribution in [2.24, 2.45) is 0 Å². The Morgan fingerprint density at radius 2 is 1.57 bits per heavy atom. The number of nitrogen functional groups attached to an aromatic ring is 1. The summed E-state index contributed by atoms with van der Waals surface area (Å²) in [6.07, 6.45) is 0. The fraction of sp³-hybridized carbons (Fsp3) is 0.217. The molecule has 1 aromatic heterocycles. The minimum absolute atomic E-state index is 0.176. The van der Waals surface area contributed by atoms with Crippen LogP contribution in [-0.2, 0) is 0 Å². The molecule has 2 N–H and O–H groups in total. The van der Waals surface area contributed by atoms with E-state index in [2.05, 4.69) is 41.9 Å². The van der Waals surface area contributed by atoms with Gasteiger partial charge in [-0.1, -0.05) is 12.1 Å². The third-order valence-electron chi connectivity index (χ3n) is 4.98. The molecule has 0 saturated heterocycles. The Kier molecular flexibility index (Phi) is 5.60. The highest BCUT2D eigenvalue weighted by Crippen LogP contribution is 2.36. The molecule has 0 spiro atoms. The number of halogens is 1. The summed E-state index contributed by atoms with van der Waals surface area (Å²) >= 11 is 0. The Hall–Kier alpha value is -3.39. The van der Waals surface area contributed by atoms with E-state index in [1.807, 2.05) is 19.1 Å². The van der Waals surface area contributed by atoms with Crippen molar-refractivity contribution >= 4 is 11.5 Å². The van der Waals surface area contributed by atoms with Crippen LogP contribution in [0.2, 0.25) is 0 Å². The van der Waals surface area contributed by atoms with Gasteiger partial charge in [-0.25, -0.2) is 9.37 Å². The molecule has 0 bridgehead atoms. The fourth-order valence-corrected chi connectivity index (χ4v) is 3.48. The number of hydrogen-bond acceptors (Lipinski definition) is 4. The predicted molar refractivity (Wildman–Crippen MR) is 112 cm³/mol. The Morgan fingerprint density at radius 1 is 1.00 bits per heavy atom. The number of pyridine rings is 1. The average Bonchev–Trinajstić information content (AvgIpc) is 2.71. The van der Waals surface area contributed by atoms with Crippen LogP contribution in [0, 0.1) is 24.1 Å². The topological polar surface area (TPSA) is 65.9 Å². The van der Waals surface area contributed by atoms with E-state index < -0.39 is 0 Å². The van der Waals surface area contributed by atoms with Gasteiger partial charge in [0.15, 0.2) is 0 Å². The van der Waals surface area contributed by atoms with Crippen molar-refractivity contribution in [2.45, 2.75) is 20.8 Å². The molecule has 0 fully saturated rings. The van der Waals surface area contributed by atoms with Crippen LogP contribution in [0.4, 0.5) is 15.9 Å². The van der Waals surface area contributed by atoms with E-state index in [1.54, 1.807) is 12.1 Å². The van der Waals surface area contributed by atoms with Gasteiger partial charge >= 0.3 is 0 Å². The van der Waals surface area contributed by atoms with E-state index >= 15 is 0 Å². The SMILES string of the molecule is CCN(CC)c1ccc(-c2c(C)c(-c3ccc(F)cc3)nc(N)c2C#N)cc1. The van der Waals surface area contributed by atoms with E-state index in [-0.39, 0.29) is 11.6 Å². The third-order valence-corrected chi connectivity index (χ3v) is 4.98. The first-order chi connectivity index (χ1) is 13.5. The summed E-state index contributed by atoms with van der Waals surface area (Å²) in [4.78, 5) is 6.68. The van der Waals surface area contributed by atoms with Crippen molar-refractivity contribution < 1.29 is 4.39 Å². The molecular weight excluding hydrogens is 351 g/mol. The largest absolute Gasteiger partial charge is 0.383 e. The molecule has 0 aliphatic heterocycles. The summed E-state index contributed by atoms with van der Waals surface area (Å²) in [6.45, 7) is 8.01. The number of anilines is 2. The maximum absolute atomic E-state index is 13.3. The van der Waals surface area contributed by atoms with Crippen molar-refractivity contribution in [1.29, 1.82) is 5.26 Å². The molecular formula is C23H23FN4. The Morgan fingerprint density at radius 3 is 2.11 bits per heavy atom. The molecule has 0 aliphatic rings. The van der Waals surface area contributed by atoms with Crippen LogP contribution in [0.15, 0.2) is 48.5 Å². The van der Waals surface area contributed by atoms with E-state index in [0.717, 1.165) is 41.0 Å². The summed E-state index contributed by atoms with van der Waals surface area (Å²) < 4.78 is 13.3. The monoisotopic (exact) mass is 374 g/mol. The number of hydrogen-bond donors (Lipinski definition) is 1. The van der Waals surface area contributed by atoms with Crippen molar-refractivity contribution in [3.05, 3.63) is 65.5 Å². The van der Waals surface area contributed by atoms with Crippen LogP contribution in [-0.4, -0.2) is 18.1 Å². The van der Waals surface area contributed by atoms with E-state index in [1.165, 1.54) is 12.1 Å². The molecule has 0 atom stereocenters. The zero-order chi connectivity index (χ0) is 20.3. The number of nitrogens with two attached hydrogens (primary N) is 1. The van der Waals surface area contributed by atoms with Crippen LogP contribution >= 0.6 is 0 Å². The number of aromatic nitrogens is 1. The molecule has 28 heavy (non-hydrogen) atoms. The number of rotatable bonds is 5. The fourth-order valence-electron chi connectivity index (χ4n) is 3.48. The van der Waals surface area contributed by atoms with Gasteiger partial charge in [0.05, 0.1) is 5.69 Å². The second-order valence-corrected chi connectivity index (χ2v) is 6.56. The maximum Gasteiger partial charge on any atom is 0.142 e. The minimum atomic E-state index is -0.310. The van der Waals surface area contributed by atoms with E-state index in [0.29, 0.717) is 11.3 Å². The first-order valence-electron chi connectivity index (χ1n) is 9.31. The molecule has 2 aromatic carbocycles. The van der Waals surface area contributed by atoms with Crippen molar-refractivity contribution in [1.82, 2.24) is 4.98 Å². The summed E-state index contributed by atoms with van der Waals surface area (Å²) in [5, 5.41) is 9.67. The normalized spacial score (nSPS) is 10.5. The summed E-state index contributed by atoms with van der Waals surface area (Å²) in [6, 6.07) is 16.4. The highest BCUT2D eigenvalue weighted by Gasteiger charge is 2.18. The molecule has 0 saturated carbocycles. The average molecular weight is 374 g/mol. The molecule has 0 aliphatic carbocycles. The Bertz CT molecular complexity index is 1010. The second-order valence-electron chi connectivity index (χ2n) is 6.56. The van der Waals surface area contributed by atoms with Gasteiger partial charge in [-0.2, -0.15) is 5.26 Å². The summed E-state index contributed by atoms with van der Waals surface area (Å²) in [5.41, 5.74) is 11.5. The zero-order valence-corrected chi connectivity index (χ0v) is 16.3. The van der Waals surface area contributed by atoms with Crippen LogP contribution in [0.5, 0.6) is 0 Å². The molecule has 0 amide bonds. The molecule has 5 heteroatoms. The van der Waals surface area contributed by atoms with Gasteiger partial charge in [0.25, 0.3) is 0 Å². The predicted octanol–water partition coefficient (Wildman–Crippen LogP) is 5.16. The van der Waals surface area contributed by atoms with E-state index in [4.69, 9.17) is 5.73 Å². The van der Waals surface area contributed by atoms with Gasteiger partial charge in [0, 0.05) is 29.9 Å². The van der Waals surface area contributed by atoms with Gasteiger partial charge in [-0.05, 0) is 68.3 Å². The number of benzene rings is 2. The Labute approximate surface area is 165 Å². The highest BCUT2D eigenvalue weighted by molar-refractivity contribution is 5.84. The number of nitriles is 1. The molecule has 3 aromatic rings. The van der Waals surface area contributed by atoms with Gasteiger partial charge < -0.3 is 10.6 Å². The summed E-state index contributed by atoms with van der Waals surface area (Å²) in [5.74, 6) is -0.134. The van der Waals surface area contributed by atoms with Gasteiger partial charge in [0.1, 0.15) is 23.3 Å². The van der Waals surface area contributed by atoms with Gasteiger partial charge in [-0.15, -0.1) is 0 Å². The maximum atomic E-state index is 13.3. The molecule has 0 unspecified atom stereocenters. The first-order valence-corrected chi connectivity index (χ1v) is 9.31. The lowest BCUT2D eigenvalue weighted by Crippen LogP contribution is -2.21. The van der Waals surface area contributed by atoms with Crippen LogP contribution in [0.3, 0.4) is 0 Å². The van der Waals surface area contributed by atoms with Crippen molar-refractivity contribution in [3.63, 3.8) is 0 Å². The third kappa shape index (κ3) is 3.54. The molecule has 1 heterocycles. The lowest BCUT2D eigenvalue weighted by Gasteiger charge is -2.21. The van der Waals surface area contributed by atoms with Crippen LogP contribution < -0.4 is 10.6 Å². The van der Waals surface area contributed by atoms with Crippen LogP contribution in [0.25, 0.3) is 22.4 Å². The van der Waals surface area contributed by atoms with Gasteiger partial charge in [-0.3, -0.25) is 0 Å². The van der Waals surface area contributed by atoms with Crippen molar-refractivity contribution in [2.75, 3.05) is 23.7 Å². The first kappa shape index (κ1) is 19.4. The molecule has 0 radical (unpaired) electrons. The quantitative estimate of drug-likeness (QED) is 0.670. The molecule has 3 rings (SSSR count). The smallest absolute Gasteiger partial charge is 0.142 e. The minimum Gasteiger partial charge on any atom is -0.383 e. The standard InChI is InChI=1S/C23H23FN4/c1-4-28(5-2)19-12-8-16(9-13-19)21-15(3)22(27-23(26)20(21)14-25)17-6-10-18(24)11-7-17/h6-13H,4-5H2,1-3H3,(H2,26,27). The molecule has 142 valence electrons. The van der Waals surface area contributed by atoms with Crippen LogP contribution in [0.1, 0.15) is 25.0 Å². The molecule has 4 nitrogen and oxygen atoms in total. The number of nitrogens with zero attached hydrogens (tertiary/aromatic N) is 3. The lowest BCUT2D eigenvalue weighted by atomic mass is 9.92. The Balaban J connectivity index is 2.17. The van der Waals surface area contributed by atoms with E-state index in [9.17, 15) is 9.65 Å². The highest BCUT2D eigenvalue weighted by atomic mass is 19.1. The summed E-state index contributed by atoms with van der Waals surface area (Å²) in [7, 11) is 0. The van der Waals surface area contributed by atoms with Crippen molar-refractivity contribution in [3.8, 4) is 28.5 Å². The lowest BCUT2D eigenvalue weighted by molar-refractivity contribution is 0.628. The van der Waals surface area contributed by atoms with Gasteiger partial charge in [0.2, 0.25) is 0 Å². The second kappa shape index (κ2) is 8.10. The zero-order valence-electron chi connectivity index (χ0n) is 16.3.